The molecule has 0 saturated carbocycles. The van der Waals surface area contributed by atoms with Crippen LogP contribution in [0.4, 0.5) is 5.69 Å². The van der Waals surface area contributed by atoms with Gasteiger partial charge >= 0.3 is 5.97 Å². The molecular weight excluding hydrogens is 284 g/mol. The summed E-state index contributed by atoms with van der Waals surface area (Å²) >= 11 is 0. The van der Waals surface area contributed by atoms with Gasteiger partial charge in [0.15, 0.2) is 0 Å². The quantitative estimate of drug-likeness (QED) is 0.737. The number of anilines is 1. The molecule has 6 nitrogen and oxygen atoms in total. The van der Waals surface area contributed by atoms with Crippen molar-refractivity contribution in [3.8, 4) is 0 Å². The van der Waals surface area contributed by atoms with E-state index in [2.05, 4.69) is 10.6 Å². The van der Waals surface area contributed by atoms with Gasteiger partial charge in [0.05, 0.1) is 11.8 Å². The molecule has 2 rings (SSSR count). The highest BCUT2D eigenvalue weighted by Crippen LogP contribution is 2.27. The largest absolute Gasteiger partial charge is 0.481 e. The lowest BCUT2D eigenvalue weighted by atomic mass is 9.82. The molecule has 0 spiro atoms. The summed E-state index contributed by atoms with van der Waals surface area (Å²) in [7, 11) is 1.54. The number of allylic oxidation sites excluding steroid dienone is 2. The first-order chi connectivity index (χ1) is 10.5. The Morgan fingerprint density at radius 1 is 1.05 bits per heavy atom. The zero-order valence-corrected chi connectivity index (χ0v) is 12.2. The summed E-state index contributed by atoms with van der Waals surface area (Å²) in [6.07, 6.45) is 4.40. The number of hydrogen-bond donors (Lipinski definition) is 3. The van der Waals surface area contributed by atoms with Crippen LogP contribution in [0.5, 0.6) is 0 Å². The normalized spacial score (nSPS) is 20.2. The first-order valence-corrected chi connectivity index (χ1v) is 7.03. The standard InChI is InChI=1S/C16H18N2O4/c1-17-14(19)10-6-8-11(9-7-10)18-15(20)12-4-2-3-5-13(12)16(21)22/h2-3,6-9,12-13H,4-5H2,1H3,(H,17,19)(H,18,20)(H,21,22)/t12-,13+/m0/s1. The van der Waals surface area contributed by atoms with E-state index in [1.54, 1.807) is 37.4 Å². The van der Waals surface area contributed by atoms with Crippen LogP contribution in [0.15, 0.2) is 36.4 Å². The van der Waals surface area contributed by atoms with Gasteiger partial charge in [0.2, 0.25) is 5.91 Å². The number of aliphatic carboxylic acids is 1. The van der Waals surface area contributed by atoms with Gasteiger partial charge in [0.1, 0.15) is 0 Å². The van der Waals surface area contributed by atoms with E-state index in [9.17, 15) is 19.5 Å². The number of carbonyl (C=O) groups is 3. The molecule has 6 heteroatoms. The SMILES string of the molecule is CNC(=O)c1ccc(NC(=O)[C@H]2CC=CC[C@H]2C(=O)O)cc1. The number of carbonyl (C=O) groups excluding carboxylic acids is 2. The molecule has 1 aromatic carbocycles. The molecule has 0 heterocycles. The first-order valence-electron chi connectivity index (χ1n) is 7.03. The minimum Gasteiger partial charge on any atom is -0.481 e. The molecule has 0 fully saturated rings. The Kier molecular flexibility index (Phi) is 4.93. The molecule has 2 atom stereocenters. The van der Waals surface area contributed by atoms with Crippen molar-refractivity contribution in [3.05, 3.63) is 42.0 Å². The Labute approximate surface area is 128 Å². The summed E-state index contributed by atoms with van der Waals surface area (Å²) in [6.45, 7) is 0. The molecule has 0 saturated heterocycles. The van der Waals surface area contributed by atoms with Crippen molar-refractivity contribution in [3.63, 3.8) is 0 Å². The molecule has 1 aliphatic carbocycles. The third kappa shape index (κ3) is 3.52. The zero-order valence-electron chi connectivity index (χ0n) is 12.2. The molecular formula is C16H18N2O4. The van der Waals surface area contributed by atoms with E-state index < -0.39 is 17.8 Å². The summed E-state index contributed by atoms with van der Waals surface area (Å²) < 4.78 is 0. The monoisotopic (exact) mass is 302 g/mol. The van der Waals surface area contributed by atoms with Crippen LogP contribution in [0.25, 0.3) is 0 Å². The van der Waals surface area contributed by atoms with Crippen LogP contribution in [-0.2, 0) is 9.59 Å². The predicted octanol–water partition coefficient (Wildman–Crippen LogP) is 1.65. The molecule has 0 aliphatic heterocycles. The molecule has 22 heavy (non-hydrogen) atoms. The third-order valence-corrected chi connectivity index (χ3v) is 3.73. The Bertz CT molecular complexity index is 607. The molecule has 0 aromatic heterocycles. The maximum atomic E-state index is 12.3. The van der Waals surface area contributed by atoms with Crippen molar-refractivity contribution < 1.29 is 19.5 Å². The lowest BCUT2D eigenvalue weighted by Crippen LogP contribution is -2.34. The Hall–Kier alpha value is -2.63. The fourth-order valence-corrected chi connectivity index (χ4v) is 2.46. The van der Waals surface area contributed by atoms with Gasteiger partial charge in [-0.15, -0.1) is 0 Å². The van der Waals surface area contributed by atoms with E-state index in [4.69, 9.17) is 0 Å². The van der Waals surface area contributed by atoms with Crippen LogP contribution >= 0.6 is 0 Å². The average Bonchev–Trinajstić information content (AvgIpc) is 2.54. The molecule has 3 N–H and O–H groups in total. The van der Waals surface area contributed by atoms with Gasteiger partial charge in [-0.1, -0.05) is 12.2 Å². The maximum Gasteiger partial charge on any atom is 0.307 e. The summed E-state index contributed by atoms with van der Waals surface area (Å²) in [5.41, 5.74) is 1.03. The topological polar surface area (TPSA) is 95.5 Å². The van der Waals surface area contributed by atoms with E-state index in [1.807, 2.05) is 6.08 Å². The van der Waals surface area contributed by atoms with Crippen LogP contribution in [0.1, 0.15) is 23.2 Å². The molecule has 2 amide bonds. The molecule has 0 radical (unpaired) electrons. The average molecular weight is 302 g/mol. The van der Waals surface area contributed by atoms with Crippen molar-refractivity contribution >= 4 is 23.5 Å². The fourth-order valence-electron chi connectivity index (χ4n) is 2.46. The number of rotatable bonds is 4. The highest BCUT2D eigenvalue weighted by molar-refractivity contribution is 5.97. The molecule has 1 aromatic rings. The van der Waals surface area contributed by atoms with Gasteiger partial charge in [-0.3, -0.25) is 14.4 Å². The van der Waals surface area contributed by atoms with Crippen LogP contribution in [-0.4, -0.2) is 29.9 Å². The number of hydrogen-bond acceptors (Lipinski definition) is 3. The summed E-state index contributed by atoms with van der Waals surface area (Å²) in [4.78, 5) is 34.9. The van der Waals surface area contributed by atoms with Crippen LogP contribution < -0.4 is 10.6 Å². The van der Waals surface area contributed by atoms with Crippen molar-refractivity contribution in [1.29, 1.82) is 0 Å². The molecule has 116 valence electrons. The Morgan fingerprint density at radius 2 is 1.64 bits per heavy atom. The third-order valence-electron chi connectivity index (χ3n) is 3.73. The van der Waals surface area contributed by atoms with E-state index >= 15 is 0 Å². The van der Waals surface area contributed by atoms with Crippen molar-refractivity contribution in [2.24, 2.45) is 11.8 Å². The zero-order chi connectivity index (χ0) is 16.1. The highest BCUT2D eigenvalue weighted by atomic mass is 16.4. The highest BCUT2D eigenvalue weighted by Gasteiger charge is 2.33. The lowest BCUT2D eigenvalue weighted by Gasteiger charge is -2.24. The number of benzene rings is 1. The van der Waals surface area contributed by atoms with Gasteiger partial charge in [-0.05, 0) is 37.1 Å². The predicted molar refractivity (Wildman–Crippen MR) is 81.5 cm³/mol. The van der Waals surface area contributed by atoms with Gasteiger partial charge < -0.3 is 15.7 Å². The van der Waals surface area contributed by atoms with E-state index in [-0.39, 0.29) is 11.8 Å². The summed E-state index contributed by atoms with van der Waals surface area (Å²) in [5.74, 6) is -2.76. The first kappa shape index (κ1) is 15.8. The second-order valence-electron chi connectivity index (χ2n) is 5.14. The minimum absolute atomic E-state index is 0.207. The molecule has 1 aliphatic rings. The van der Waals surface area contributed by atoms with Crippen molar-refractivity contribution in [2.75, 3.05) is 12.4 Å². The van der Waals surface area contributed by atoms with E-state index in [0.717, 1.165) is 0 Å². The van der Waals surface area contributed by atoms with Crippen LogP contribution in [0.3, 0.4) is 0 Å². The second kappa shape index (κ2) is 6.89. The van der Waals surface area contributed by atoms with E-state index in [0.29, 0.717) is 24.1 Å². The van der Waals surface area contributed by atoms with Gasteiger partial charge in [-0.2, -0.15) is 0 Å². The van der Waals surface area contributed by atoms with Crippen LogP contribution in [0.2, 0.25) is 0 Å². The number of carboxylic acid groups (broad SMARTS) is 1. The minimum atomic E-state index is -0.959. The summed E-state index contributed by atoms with van der Waals surface area (Å²) in [5, 5.41) is 14.4. The molecule has 0 bridgehead atoms. The number of carboxylic acids is 1. The number of nitrogens with one attached hydrogen (secondary N) is 2. The van der Waals surface area contributed by atoms with Crippen molar-refractivity contribution in [2.45, 2.75) is 12.8 Å². The van der Waals surface area contributed by atoms with Gasteiger partial charge in [0, 0.05) is 18.3 Å². The smallest absolute Gasteiger partial charge is 0.307 e. The Balaban J connectivity index is 2.06. The van der Waals surface area contributed by atoms with Gasteiger partial charge in [0.25, 0.3) is 5.91 Å². The molecule has 0 unspecified atom stereocenters. The number of amides is 2. The lowest BCUT2D eigenvalue weighted by molar-refractivity contribution is -0.146. The van der Waals surface area contributed by atoms with Gasteiger partial charge in [-0.25, -0.2) is 0 Å². The second-order valence-corrected chi connectivity index (χ2v) is 5.14. The fraction of sp³-hybridized carbons (Fsp3) is 0.312. The van der Waals surface area contributed by atoms with E-state index in [1.165, 1.54) is 0 Å². The van der Waals surface area contributed by atoms with Crippen LogP contribution in [0, 0.1) is 11.8 Å². The maximum absolute atomic E-state index is 12.3. The summed E-state index contributed by atoms with van der Waals surface area (Å²) in [6, 6.07) is 6.45. The Morgan fingerprint density at radius 3 is 2.18 bits per heavy atom. The van der Waals surface area contributed by atoms with Crippen molar-refractivity contribution in [1.82, 2.24) is 5.32 Å².